The Bertz CT molecular complexity index is 1040. The van der Waals surface area contributed by atoms with Crippen LogP contribution in [-0.2, 0) is 14.8 Å². The van der Waals surface area contributed by atoms with Crippen LogP contribution in [0.25, 0.3) is 0 Å². The van der Waals surface area contributed by atoms with Gasteiger partial charge >= 0.3 is 0 Å². The van der Waals surface area contributed by atoms with Crippen molar-refractivity contribution in [2.45, 2.75) is 39.7 Å². The number of hydrogen-bond acceptors (Lipinski definition) is 5. The zero-order valence-corrected chi connectivity index (χ0v) is 18.6. The molecule has 3 rings (SSSR count). The first kappa shape index (κ1) is 22.0. The molecule has 0 aromatic heterocycles. The highest BCUT2D eigenvalue weighted by atomic mass is 32.2. The van der Waals surface area contributed by atoms with Gasteiger partial charge in [0.25, 0.3) is 0 Å². The third kappa shape index (κ3) is 5.24. The van der Waals surface area contributed by atoms with Gasteiger partial charge in [0, 0.05) is 19.0 Å². The van der Waals surface area contributed by atoms with Crippen molar-refractivity contribution >= 4 is 21.6 Å². The number of ether oxygens (including phenoxy) is 2. The molecule has 1 heterocycles. The number of amides is 1. The zero-order valence-electron chi connectivity index (χ0n) is 17.8. The fourth-order valence-electron chi connectivity index (χ4n) is 3.61. The van der Waals surface area contributed by atoms with Crippen LogP contribution in [-0.4, -0.2) is 33.9 Å². The lowest BCUT2D eigenvalue weighted by Crippen LogP contribution is -2.32. The molecule has 0 saturated heterocycles. The molecule has 7 nitrogen and oxygen atoms in total. The van der Waals surface area contributed by atoms with Gasteiger partial charge in [-0.25, -0.2) is 8.42 Å². The molecule has 0 radical (unpaired) electrons. The number of aryl methyl sites for hydroxylation is 2. The highest BCUT2D eigenvalue weighted by Gasteiger charge is 2.22. The SMILES string of the molecule is Cc1ccc([C@@H](C)NC(=O)CCCN(c2ccc3c(c2)OCO3)S(C)(=O)=O)c(C)c1. The maximum atomic E-state index is 12.4. The number of rotatable bonds is 8. The molecular weight excluding hydrogens is 404 g/mol. The third-order valence-corrected chi connectivity index (χ3v) is 6.27. The van der Waals surface area contributed by atoms with Crippen molar-refractivity contribution in [3.63, 3.8) is 0 Å². The van der Waals surface area contributed by atoms with Crippen LogP contribution in [0.1, 0.15) is 42.5 Å². The zero-order chi connectivity index (χ0) is 21.9. The average Bonchev–Trinajstić information content (AvgIpc) is 3.11. The molecule has 0 fully saturated rings. The quantitative estimate of drug-likeness (QED) is 0.691. The molecule has 1 aliphatic rings. The van der Waals surface area contributed by atoms with E-state index in [2.05, 4.69) is 11.4 Å². The Morgan fingerprint density at radius 2 is 1.87 bits per heavy atom. The smallest absolute Gasteiger partial charge is 0.232 e. The fourth-order valence-corrected chi connectivity index (χ4v) is 4.57. The Balaban J connectivity index is 1.59. The number of nitrogens with zero attached hydrogens (tertiary/aromatic N) is 1. The molecule has 1 N–H and O–H groups in total. The standard InChI is InChI=1S/C22H28N2O5S/c1-15-7-9-19(16(2)12-15)17(3)23-22(25)6-5-11-24(30(4,26)27)18-8-10-20-21(13-18)29-14-28-20/h7-10,12-13,17H,5-6,11,14H2,1-4H3,(H,23,25)/t17-/m1/s1. The Morgan fingerprint density at radius 1 is 1.13 bits per heavy atom. The third-order valence-electron chi connectivity index (χ3n) is 5.08. The topological polar surface area (TPSA) is 84.9 Å². The maximum absolute atomic E-state index is 12.4. The van der Waals surface area contributed by atoms with Gasteiger partial charge in [0.05, 0.1) is 18.0 Å². The number of anilines is 1. The van der Waals surface area contributed by atoms with Gasteiger partial charge in [-0.2, -0.15) is 0 Å². The van der Waals surface area contributed by atoms with Crippen molar-refractivity contribution in [2.24, 2.45) is 0 Å². The Kier molecular flexibility index (Phi) is 6.55. The maximum Gasteiger partial charge on any atom is 0.232 e. The Morgan fingerprint density at radius 3 is 2.57 bits per heavy atom. The normalized spacial score (nSPS) is 13.7. The summed E-state index contributed by atoms with van der Waals surface area (Å²) in [7, 11) is -3.50. The van der Waals surface area contributed by atoms with Gasteiger partial charge in [-0.15, -0.1) is 0 Å². The van der Waals surface area contributed by atoms with Crippen LogP contribution in [0.2, 0.25) is 0 Å². The Hall–Kier alpha value is -2.74. The predicted octanol–water partition coefficient (Wildman–Crippen LogP) is 3.46. The number of carbonyl (C=O) groups is 1. The molecule has 8 heteroatoms. The first-order valence-electron chi connectivity index (χ1n) is 9.89. The van der Waals surface area contributed by atoms with Gasteiger partial charge in [-0.1, -0.05) is 23.8 Å². The summed E-state index contributed by atoms with van der Waals surface area (Å²) in [6.07, 6.45) is 1.78. The van der Waals surface area contributed by atoms with Crippen molar-refractivity contribution < 1.29 is 22.7 Å². The highest BCUT2D eigenvalue weighted by Crippen LogP contribution is 2.36. The molecule has 0 aliphatic carbocycles. The fraction of sp³-hybridized carbons (Fsp3) is 0.409. The van der Waals surface area contributed by atoms with Crippen molar-refractivity contribution in [3.8, 4) is 11.5 Å². The second kappa shape index (κ2) is 8.95. The van der Waals surface area contributed by atoms with Crippen molar-refractivity contribution in [3.05, 3.63) is 53.1 Å². The van der Waals surface area contributed by atoms with Crippen LogP contribution in [0.5, 0.6) is 11.5 Å². The van der Waals surface area contributed by atoms with E-state index < -0.39 is 10.0 Å². The van der Waals surface area contributed by atoms with Crippen LogP contribution in [0.3, 0.4) is 0 Å². The lowest BCUT2D eigenvalue weighted by molar-refractivity contribution is -0.121. The lowest BCUT2D eigenvalue weighted by atomic mass is 10.00. The highest BCUT2D eigenvalue weighted by molar-refractivity contribution is 7.92. The minimum Gasteiger partial charge on any atom is -0.454 e. The number of fused-ring (bicyclic) bond motifs is 1. The predicted molar refractivity (Wildman–Crippen MR) is 116 cm³/mol. The lowest BCUT2D eigenvalue weighted by Gasteiger charge is -2.23. The summed E-state index contributed by atoms with van der Waals surface area (Å²) in [5.41, 5.74) is 3.88. The summed E-state index contributed by atoms with van der Waals surface area (Å²) in [6.45, 7) is 6.33. The van der Waals surface area contributed by atoms with E-state index in [-0.39, 0.29) is 31.7 Å². The summed E-state index contributed by atoms with van der Waals surface area (Å²) >= 11 is 0. The van der Waals surface area contributed by atoms with Crippen LogP contribution >= 0.6 is 0 Å². The summed E-state index contributed by atoms with van der Waals surface area (Å²) in [4.78, 5) is 12.4. The van der Waals surface area contributed by atoms with E-state index in [1.54, 1.807) is 18.2 Å². The first-order valence-corrected chi connectivity index (χ1v) is 11.7. The number of hydrogen-bond donors (Lipinski definition) is 1. The van der Waals surface area contributed by atoms with E-state index in [4.69, 9.17) is 9.47 Å². The van der Waals surface area contributed by atoms with Gasteiger partial charge in [0.15, 0.2) is 11.5 Å². The van der Waals surface area contributed by atoms with E-state index >= 15 is 0 Å². The van der Waals surface area contributed by atoms with Gasteiger partial charge in [0.2, 0.25) is 22.7 Å². The van der Waals surface area contributed by atoms with Crippen molar-refractivity contribution in [1.29, 1.82) is 0 Å². The summed E-state index contributed by atoms with van der Waals surface area (Å²) in [5.74, 6) is 0.995. The van der Waals surface area contributed by atoms with E-state index in [0.29, 0.717) is 23.6 Å². The molecule has 30 heavy (non-hydrogen) atoms. The molecule has 1 atom stereocenters. The van der Waals surface area contributed by atoms with E-state index in [0.717, 1.165) is 17.4 Å². The molecule has 1 aliphatic heterocycles. The van der Waals surface area contributed by atoms with Crippen molar-refractivity contribution in [1.82, 2.24) is 5.32 Å². The molecule has 1 amide bonds. The van der Waals surface area contributed by atoms with Gasteiger partial charge in [-0.3, -0.25) is 9.10 Å². The van der Waals surface area contributed by atoms with E-state index in [1.165, 1.54) is 9.87 Å². The van der Waals surface area contributed by atoms with E-state index in [1.807, 2.05) is 32.9 Å². The molecule has 0 saturated carbocycles. The molecular formula is C22H28N2O5S. The largest absolute Gasteiger partial charge is 0.454 e. The average molecular weight is 433 g/mol. The van der Waals surface area contributed by atoms with Crippen molar-refractivity contribution in [2.75, 3.05) is 23.9 Å². The molecule has 2 aromatic carbocycles. The second-order valence-electron chi connectivity index (χ2n) is 7.63. The van der Waals surface area contributed by atoms with Crippen LogP contribution in [0.15, 0.2) is 36.4 Å². The van der Waals surface area contributed by atoms with Gasteiger partial charge in [-0.05, 0) is 50.5 Å². The van der Waals surface area contributed by atoms with E-state index in [9.17, 15) is 13.2 Å². The minimum atomic E-state index is -3.50. The van der Waals surface area contributed by atoms with Gasteiger partial charge in [0.1, 0.15) is 0 Å². The molecule has 0 spiro atoms. The number of carbonyl (C=O) groups excluding carboxylic acids is 1. The molecule has 0 bridgehead atoms. The number of benzene rings is 2. The molecule has 0 unspecified atom stereocenters. The Labute approximate surface area is 178 Å². The van der Waals surface area contributed by atoms with Crippen LogP contribution < -0.4 is 19.1 Å². The minimum absolute atomic E-state index is 0.110. The summed E-state index contributed by atoms with van der Waals surface area (Å²) in [5, 5.41) is 3.00. The van der Waals surface area contributed by atoms with Gasteiger partial charge < -0.3 is 14.8 Å². The summed E-state index contributed by atoms with van der Waals surface area (Å²) < 4.78 is 36.5. The molecule has 162 valence electrons. The monoisotopic (exact) mass is 432 g/mol. The molecule has 2 aromatic rings. The number of nitrogens with one attached hydrogen (secondary N) is 1. The van der Waals surface area contributed by atoms with Crippen LogP contribution in [0.4, 0.5) is 5.69 Å². The van der Waals surface area contributed by atoms with Crippen LogP contribution in [0, 0.1) is 13.8 Å². The summed E-state index contributed by atoms with van der Waals surface area (Å²) in [6, 6.07) is 11.0. The first-order chi connectivity index (χ1) is 14.1. The second-order valence-corrected chi connectivity index (χ2v) is 9.53. The number of sulfonamides is 1.